The van der Waals surface area contributed by atoms with E-state index in [0.717, 1.165) is 11.6 Å². The van der Waals surface area contributed by atoms with Crippen LogP contribution in [0.5, 0.6) is 0 Å². The van der Waals surface area contributed by atoms with Crippen LogP contribution in [-0.4, -0.2) is 31.4 Å². The maximum Gasteiger partial charge on any atom is 0.417 e. The average molecular weight is 336 g/mol. The van der Waals surface area contributed by atoms with Crippen molar-refractivity contribution in [1.82, 2.24) is 10.2 Å². The minimum Gasteiger partial charge on any atom is -0.350 e. The summed E-state index contributed by atoms with van der Waals surface area (Å²) in [6, 6.07) is 14.1. The predicted molar refractivity (Wildman–Crippen MR) is 86.6 cm³/mol. The summed E-state index contributed by atoms with van der Waals surface area (Å²) in [4.78, 5) is 14.1. The molecule has 2 aromatic rings. The number of halogens is 3. The lowest BCUT2D eigenvalue weighted by atomic mass is 10.0. The Hall–Kier alpha value is -2.34. The van der Waals surface area contributed by atoms with Crippen LogP contribution in [0.25, 0.3) is 0 Å². The Bertz CT molecular complexity index is 684. The van der Waals surface area contributed by atoms with Crippen molar-refractivity contribution >= 4 is 5.91 Å². The van der Waals surface area contributed by atoms with Crippen molar-refractivity contribution in [1.29, 1.82) is 0 Å². The van der Waals surface area contributed by atoms with Crippen molar-refractivity contribution < 1.29 is 18.0 Å². The number of nitrogens with zero attached hydrogens (tertiary/aromatic N) is 1. The quantitative estimate of drug-likeness (QED) is 0.902. The molecule has 1 unspecified atom stereocenters. The van der Waals surface area contributed by atoms with Gasteiger partial charge < -0.3 is 10.2 Å². The molecule has 0 saturated heterocycles. The van der Waals surface area contributed by atoms with E-state index in [0.29, 0.717) is 0 Å². The summed E-state index contributed by atoms with van der Waals surface area (Å²) < 4.78 is 39.0. The molecular formula is C18H19F3N2O. The fourth-order valence-electron chi connectivity index (χ4n) is 2.49. The number of alkyl halides is 3. The maximum absolute atomic E-state index is 13.0. The van der Waals surface area contributed by atoms with Gasteiger partial charge in [0.2, 0.25) is 0 Å². The van der Waals surface area contributed by atoms with Crippen LogP contribution < -0.4 is 5.32 Å². The zero-order chi connectivity index (χ0) is 17.7. The van der Waals surface area contributed by atoms with E-state index in [4.69, 9.17) is 0 Å². The van der Waals surface area contributed by atoms with Gasteiger partial charge in [-0.3, -0.25) is 4.79 Å². The molecule has 0 aromatic heterocycles. The first-order valence-corrected chi connectivity index (χ1v) is 7.46. The molecule has 3 nitrogen and oxygen atoms in total. The fraction of sp³-hybridized carbons (Fsp3) is 0.278. The number of carbonyl (C=O) groups excluding carboxylic acids is 1. The van der Waals surface area contributed by atoms with Crippen LogP contribution >= 0.6 is 0 Å². The van der Waals surface area contributed by atoms with Crippen LogP contribution in [-0.2, 0) is 6.18 Å². The van der Waals surface area contributed by atoms with Crippen molar-refractivity contribution in [3.05, 3.63) is 71.3 Å². The number of amides is 1. The van der Waals surface area contributed by atoms with Gasteiger partial charge in [-0.15, -0.1) is 0 Å². The Balaban J connectivity index is 2.16. The monoisotopic (exact) mass is 336 g/mol. The third kappa shape index (κ3) is 4.35. The minimum absolute atomic E-state index is 0.131. The number of hydrogen-bond acceptors (Lipinski definition) is 2. The van der Waals surface area contributed by atoms with Gasteiger partial charge in [-0.2, -0.15) is 13.2 Å². The van der Waals surface area contributed by atoms with Gasteiger partial charge in [-0.05, 0) is 31.8 Å². The molecule has 2 rings (SSSR count). The summed E-state index contributed by atoms with van der Waals surface area (Å²) in [7, 11) is 3.71. The van der Waals surface area contributed by atoms with Crippen molar-refractivity contribution in [3.63, 3.8) is 0 Å². The molecule has 0 heterocycles. The Morgan fingerprint density at radius 3 is 2.21 bits per heavy atom. The third-order valence-electron chi connectivity index (χ3n) is 3.74. The summed E-state index contributed by atoms with van der Waals surface area (Å²) in [5.41, 5.74) is -0.314. The van der Waals surface area contributed by atoms with Gasteiger partial charge in [-0.1, -0.05) is 42.5 Å². The van der Waals surface area contributed by atoms with E-state index < -0.39 is 17.6 Å². The summed E-state index contributed by atoms with van der Waals surface area (Å²) in [5, 5.41) is 2.61. The molecule has 1 amide bonds. The van der Waals surface area contributed by atoms with E-state index in [1.807, 2.05) is 49.3 Å². The Kier molecular flexibility index (Phi) is 5.62. The SMILES string of the molecule is CN(C)C(CNC(=O)c1ccccc1C(F)(F)F)c1ccccc1. The Morgan fingerprint density at radius 2 is 1.62 bits per heavy atom. The van der Waals surface area contributed by atoms with Crippen LogP contribution in [0.4, 0.5) is 13.2 Å². The summed E-state index contributed by atoms with van der Waals surface area (Å²) in [6.07, 6.45) is -4.56. The van der Waals surface area contributed by atoms with Crippen molar-refractivity contribution in [2.24, 2.45) is 0 Å². The highest BCUT2D eigenvalue weighted by molar-refractivity contribution is 5.95. The lowest BCUT2D eigenvalue weighted by molar-refractivity contribution is -0.137. The zero-order valence-electron chi connectivity index (χ0n) is 13.5. The highest BCUT2D eigenvalue weighted by Crippen LogP contribution is 2.31. The number of rotatable bonds is 5. The van der Waals surface area contributed by atoms with Gasteiger partial charge in [0.25, 0.3) is 5.91 Å². The van der Waals surface area contributed by atoms with Crippen molar-refractivity contribution in [2.75, 3.05) is 20.6 Å². The van der Waals surface area contributed by atoms with Gasteiger partial charge in [0, 0.05) is 6.54 Å². The molecular weight excluding hydrogens is 317 g/mol. The van der Waals surface area contributed by atoms with Gasteiger partial charge in [0.15, 0.2) is 0 Å². The minimum atomic E-state index is -4.56. The second-order valence-corrected chi connectivity index (χ2v) is 5.64. The molecule has 2 aromatic carbocycles. The van der Waals surface area contributed by atoms with Gasteiger partial charge >= 0.3 is 6.18 Å². The van der Waals surface area contributed by atoms with Gasteiger partial charge in [0.05, 0.1) is 17.2 Å². The first-order valence-electron chi connectivity index (χ1n) is 7.46. The summed E-state index contributed by atoms with van der Waals surface area (Å²) in [6.45, 7) is 0.210. The Labute approximate surface area is 139 Å². The molecule has 0 aliphatic carbocycles. The number of benzene rings is 2. The number of nitrogens with one attached hydrogen (secondary N) is 1. The predicted octanol–water partition coefficient (Wildman–Crippen LogP) is 3.74. The van der Waals surface area contributed by atoms with Crippen molar-refractivity contribution in [2.45, 2.75) is 12.2 Å². The van der Waals surface area contributed by atoms with E-state index in [1.54, 1.807) is 0 Å². The standard InChI is InChI=1S/C18H19F3N2O/c1-23(2)16(13-8-4-3-5-9-13)12-22-17(24)14-10-6-7-11-15(14)18(19,20)21/h3-11,16H,12H2,1-2H3,(H,22,24). The second-order valence-electron chi connectivity index (χ2n) is 5.64. The normalized spacial score (nSPS) is 12.9. The number of hydrogen-bond donors (Lipinski definition) is 1. The lowest BCUT2D eigenvalue weighted by Crippen LogP contribution is -2.35. The number of likely N-dealkylation sites (N-methyl/N-ethyl adjacent to an activating group) is 1. The van der Waals surface area contributed by atoms with Crippen molar-refractivity contribution in [3.8, 4) is 0 Å². The molecule has 0 saturated carbocycles. The van der Waals surface area contributed by atoms with E-state index >= 15 is 0 Å². The maximum atomic E-state index is 13.0. The van der Waals surface area contributed by atoms with Crippen LogP contribution in [0.15, 0.2) is 54.6 Å². The molecule has 128 valence electrons. The molecule has 0 aliphatic rings. The molecule has 0 fully saturated rings. The van der Waals surface area contributed by atoms with Crippen LogP contribution in [0.3, 0.4) is 0 Å². The van der Waals surface area contributed by atoms with E-state index in [1.165, 1.54) is 18.2 Å². The molecule has 0 aliphatic heterocycles. The smallest absolute Gasteiger partial charge is 0.350 e. The summed E-state index contributed by atoms with van der Waals surface area (Å²) in [5.74, 6) is -0.731. The highest BCUT2D eigenvalue weighted by Gasteiger charge is 2.34. The molecule has 24 heavy (non-hydrogen) atoms. The molecule has 1 atom stereocenters. The van der Waals surface area contributed by atoms with Crippen LogP contribution in [0.2, 0.25) is 0 Å². The topological polar surface area (TPSA) is 32.3 Å². The molecule has 0 bridgehead atoms. The van der Waals surface area contributed by atoms with E-state index in [-0.39, 0.29) is 18.2 Å². The lowest BCUT2D eigenvalue weighted by Gasteiger charge is -2.25. The van der Waals surface area contributed by atoms with E-state index in [9.17, 15) is 18.0 Å². The molecule has 0 spiro atoms. The van der Waals surface area contributed by atoms with Crippen LogP contribution in [0, 0.1) is 0 Å². The second kappa shape index (κ2) is 7.49. The third-order valence-corrected chi connectivity index (χ3v) is 3.74. The molecule has 6 heteroatoms. The van der Waals surface area contributed by atoms with Gasteiger partial charge in [0.1, 0.15) is 0 Å². The first kappa shape index (κ1) is 18.0. The summed E-state index contributed by atoms with van der Waals surface area (Å²) >= 11 is 0. The fourth-order valence-corrected chi connectivity index (χ4v) is 2.49. The van der Waals surface area contributed by atoms with Gasteiger partial charge in [-0.25, -0.2) is 0 Å². The van der Waals surface area contributed by atoms with E-state index in [2.05, 4.69) is 5.32 Å². The largest absolute Gasteiger partial charge is 0.417 e. The molecule has 1 N–H and O–H groups in total. The van der Waals surface area contributed by atoms with Crippen LogP contribution in [0.1, 0.15) is 27.5 Å². The number of carbonyl (C=O) groups is 1. The zero-order valence-corrected chi connectivity index (χ0v) is 13.5. The highest BCUT2D eigenvalue weighted by atomic mass is 19.4. The average Bonchev–Trinajstić information content (AvgIpc) is 2.54. The Morgan fingerprint density at radius 1 is 1.04 bits per heavy atom. The molecule has 0 radical (unpaired) electrons. The first-order chi connectivity index (χ1) is 11.3.